The lowest BCUT2D eigenvalue weighted by Gasteiger charge is -2.23. The fourth-order valence-corrected chi connectivity index (χ4v) is 3.69. The van der Waals surface area contributed by atoms with Crippen LogP contribution in [0.25, 0.3) is 10.2 Å². The van der Waals surface area contributed by atoms with Crippen molar-refractivity contribution in [1.29, 1.82) is 0 Å². The number of hydrogen-bond acceptors (Lipinski definition) is 5. The first-order chi connectivity index (χ1) is 9.09. The van der Waals surface area contributed by atoms with E-state index >= 15 is 0 Å². The molecule has 1 amide bonds. The van der Waals surface area contributed by atoms with E-state index in [4.69, 9.17) is 5.73 Å². The van der Waals surface area contributed by atoms with Crippen molar-refractivity contribution >= 4 is 33.3 Å². The molecule has 5 nitrogen and oxygen atoms in total. The molecule has 0 spiro atoms. The van der Waals surface area contributed by atoms with E-state index in [9.17, 15) is 4.79 Å². The Bertz CT molecular complexity index is 651. The molecule has 1 atom stereocenters. The average Bonchev–Trinajstić information content (AvgIpc) is 2.96. The summed E-state index contributed by atoms with van der Waals surface area (Å²) in [6.07, 6.45) is 3.35. The third-order valence-corrected chi connectivity index (χ3v) is 4.91. The molecule has 1 aliphatic heterocycles. The van der Waals surface area contributed by atoms with Gasteiger partial charge in [0.1, 0.15) is 23.0 Å². The molecule has 0 saturated carbocycles. The lowest BCUT2D eigenvalue weighted by molar-refractivity contribution is -0.119. The van der Waals surface area contributed by atoms with E-state index < -0.39 is 0 Å². The molecule has 0 aromatic carbocycles. The average molecular weight is 276 g/mol. The summed E-state index contributed by atoms with van der Waals surface area (Å²) >= 11 is 1.67. The molecule has 1 aliphatic rings. The van der Waals surface area contributed by atoms with Crippen LogP contribution in [0.15, 0.2) is 6.33 Å². The molecular formula is C13H16N4OS. The Labute approximate surface area is 115 Å². The van der Waals surface area contributed by atoms with Crippen LogP contribution in [-0.2, 0) is 4.79 Å². The van der Waals surface area contributed by atoms with E-state index in [1.54, 1.807) is 17.7 Å². The van der Waals surface area contributed by atoms with Gasteiger partial charge in [-0.15, -0.1) is 11.3 Å². The first-order valence-electron chi connectivity index (χ1n) is 6.36. The third-order valence-electron chi connectivity index (χ3n) is 3.80. The number of carbonyl (C=O) groups is 1. The summed E-state index contributed by atoms with van der Waals surface area (Å²) < 4.78 is 0. The van der Waals surface area contributed by atoms with Gasteiger partial charge in [0.15, 0.2) is 0 Å². The van der Waals surface area contributed by atoms with Crippen molar-refractivity contribution in [2.24, 2.45) is 5.73 Å². The highest BCUT2D eigenvalue weighted by Crippen LogP contribution is 2.36. The van der Waals surface area contributed by atoms with Crippen LogP contribution in [0, 0.1) is 13.8 Å². The van der Waals surface area contributed by atoms with Crippen LogP contribution in [0.4, 0.5) is 5.82 Å². The smallest absolute Gasteiger partial charge is 0.240 e. The highest BCUT2D eigenvalue weighted by atomic mass is 32.1. The van der Waals surface area contributed by atoms with Crippen molar-refractivity contribution in [2.45, 2.75) is 32.7 Å². The Kier molecular flexibility index (Phi) is 2.89. The molecule has 0 radical (unpaired) electrons. The number of aromatic nitrogens is 2. The molecule has 0 bridgehead atoms. The Morgan fingerprint density at radius 2 is 2.26 bits per heavy atom. The summed E-state index contributed by atoms with van der Waals surface area (Å²) in [6.45, 7) is 4.99. The maximum absolute atomic E-state index is 11.6. The van der Waals surface area contributed by atoms with Gasteiger partial charge in [-0.2, -0.15) is 0 Å². The van der Waals surface area contributed by atoms with Crippen molar-refractivity contribution < 1.29 is 4.79 Å². The number of aryl methyl sites for hydroxylation is 2. The quantitative estimate of drug-likeness (QED) is 0.907. The lowest BCUT2D eigenvalue weighted by atomic mass is 10.2. The zero-order chi connectivity index (χ0) is 13.6. The second-order valence-electron chi connectivity index (χ2n) is 4.91. The van der Waals surface area contributed by atoms with Crippen molar-refractivity contribution in [3.05, 3.63) is 16.8 Å². The molecule has 6 heteroatoms. The molecule has 2 N–H and O–H groups in total. The van der Waals surface area contributed by atoms with Crippen molar-refractivity contribution in [3.8, 4) is 0 Å². The fourth-order valence-electron chi connectivity index (χ4n) is 2.70. The van der Waals surface area contributed by atoms with Crippen molar-refractivity contribution in [1.82, 2.24) is 9.97 Å². The number of hydrogen-bond donors (Lipinski definition) is 1. The summed E-state index contributed by atoms with van der Waals surface area (Å²) in [6, 6.07) is -0.238. The van der Waals surface area contributed by atoms with Crippen LogP contribution >= 0.6 is 11.3 Å². The molecule has 2 aromatic heterocycles. The molecule has 1 fully saturated rings. The Balaban J connectivity index is 2.17. The zero-order valence-corrected chi connectivity index (χ0v) is 11.8. The minimum Gasteiger partial charge on any atom is -0.368 e. The summed E-state index contributed by atoms with van der Waals surface area (Å²) in [5.41, 5.74) is 6.69. The summed E-state index contributed by atoms with van der Waals surface area (Å²) in [7, 11) is 0. The third kappa shape index (κ3) is 1.87. The number of nitrogens with zero attached hydrogens (tertiary/aromatic N) is 3. The van der Waals surface area contributed by atoms with E-state index in [0.29, 0.717) is 0 Å². The first-order valence-corrected chi connectivity index (χ1v) is 7.18. The van der Waals surface area contributed by atoms with Crippen LogP contribution in [0.3, 0.4) is 0 Å². The topological polar surface area (TPSA) is 72.1 Å². The second-order valence-corrected chi connectivity index (χ2v) is 6.12. The number of anilines is 1. The minimum atomic E-state index is -0.270. The molecule has 19 heavy (non-hydrogen) atoms. The largest absolute Gasteiger partial charge is 0.368 e. The maximum Gasteiger partial charge on any atom is 0.240 e. The van der Waals surface area contributed by atoms with E-state index in [0.717, 1.165) is 35.4 Å². The number of thiophene rings is 1. The van der Waals surface area contributed by atoms with Crippen LogP contribution < -0.4 is 10.6 Å². The first kappa shape index (κ1) is 12.3. The highest BCUT2D eigenvalue weighted by molar-refractivity contribution is 7.18. The zero-order valence-electron chi connectivity index (χ0n) is 11.0. The van der Waals surface area contributed by atoms with Gasteiger partial charge >= 0.3 is 0 Å². The molecule has 1 saturated heterocycles. The van der Waals surface area contributed by atoms with Gasteiger partial charge in [-0.25, -0.2) is 9.97 Å². The van der Waals surface area contributed by atoms with Gasteiger partial charge in [0.05, 0.1) is 5.39 Å². The number of carbonyl (C=O) groups excluding carboxylic acids is 1. The Morgan fingerprint density at radius 1 is 1.47 bits per heavy atom. The predicted octanol–water partition coefficient (Wildman–Crippen LogP) is 1.76. The number of nitrogens with two attached hydrogens (primary N) is 1. The van der Waals surface area contributed by atoms with E-state index in [1.165, 1.54) is 10.4 Å². The molecule has 0 aliphatic carbocycles. The minimum absolute atomic E-state index is 0.238. The number of amides is 1. The normalized spacial score (nSPS) is 19.3. The van der Waals surface area contributed by atoms with Crippen LogP contribution in [-0.4, -0.2) is 28.5 Å². The van der Waals surface area contributed by atoms with Gasteiger partial charge in [0.25, 0.3) is 0 Å². The molecule has 0 unspecified atom stereocenters. The van der Waals surface area contributed by atoms with Crippen LogP contribution in [0.2, 0.25) is 0 Å². The monoisotopic (exact) mass is 276 g/mol. The van der Waals surface area contributed by atoms with Gasteiger partial charge in [0, 0.05) is 11.4 Å². The fraction of sp³-hybridized carbons (Fsp3) is 0.462. The van der Waals surface area contributed by atoms with Crippen LogP contribution in [0.5, 0.6) is 0 Å². The van der Waals surface area contributed by atoms with E-state index in [2.05, 4.69) is 23.8 Å². The molecule has 2 aromatic rings. The molecule has 3 rings (SSSR count). The number of primary amides is 1. The second kappa shape index (κ2) is 4.45. The van der Waals surface area contributed by atoms with Gasteiger partial charge in [0.2, 0.25) is 5.91 Å². The molecule has 3 heterocycles. The van der Waals surface area contributed by atoms with Crippen molar-refractivity contribution in [3.63, 3.8) is 0 Å². The number of fused-ring (bicyclic) bond motifs is 1. The van der Waals surface area contributed by atoms with Gasteiger partial charge < -0.3 is 10.6 Å². The summed E-state index contributed by atoms with van der Waals surface area (Å²) in [5, 5.41) is 1.07. The van der Waals surface area contributed by atoms with Crippen LogP contribution in [0.1, 0.15) is 23.3 Å². The number of rotatable bonds is 2. The molecular weight excluding hydrogens is 260 g/mol. The maximum atomic E-state index is 11.6. The lowest BCUT2D eigenvalue weighted by Crippen LogP contribution is -2.40. The molecule has 100 valence electrons. The van der Waals surface area contributed by atoms with Gasteiger partial charge in [-0.3, -0.25) is 4.79 Å². The predicted molar refractivity (Wildman–Crippen MR) is 76.5 cm³/mol. The highest BCUT2D eigenvalue weighted by Gasteiger charge is 2.31. The summed E-state index contributed by atoms with van der Waals surface area (Å²) in [5.74, 6) is 0.585. The van der Waals surface area contributed by atoms with E-state index in [-0.39, 0.29) is 11.9 Å². The van der Waals surface area contributed by atoms with Crippen molar-refractivity contribution in [2.75, 3.05) is 11.4 Å². The SMILES string of the molecule is Cc1sc2ncnc(N3CCC[C@H]3C(N)=O)c2c1C. The Morgan fingerprint density at radius 3 is 3.00 bits per heavy atom. The standard InChI is InChI=1S/C13H16N4OS/c1-7-8(2)19-13-10(7)12(15-6-16-13)17-5-3-4-9(17)11(14)18/h6,9H,3-5H2,1-2H3,(H2,14,18)/t9-/m0/s1. The Hall–Kier alpha value is -1.69. The van der Waals surface area contributed by atoms with Gasteiger partial charge in [-0.1, -0.05) is 0 Å². The van der Waals surface area contributed by atoms with E-state index in [1.807, 2.05) is 4.90 Å². The van der Waals surface area contributed by atoms with Gasteiger partial charge in [-0.05, 0) is 32.3 Å². The summed E-state index contributed by atoms with van der Waals surface area (Å²) in [4.78, 5) is 24.5.